The minimum atomic E-state index is -0.0914. The van der Waals surface area contributed by atoms with E-state index in [0.717, 1.165) is 23.2 Å². The van der Waals surface area contributed by atoms with Gasteiger partial charge in [0.15, 0.2) is 0 Å². The zero-order valence-electron chi connectivity index (χ0n) is 14.4. The largest absolute Gasteiger partial charge is 0.492 e. The molecule has 1 aromatic heterocycles. The van der Waals surface area contributed by atoms with Gasteiger partial charge in [0.05, 0.1) is 17.6 Å². The van der Waals surface area contributed by atoms with Gasteiger partial charge in [-0.15, -0.1) is 0 Å². The molecular weight excluding hydrogens is 304 g/mol. The zero-order chi connectivity index (χ0) is 17.5. The van der Waals surface area contributed by atoms with Crippen LogP contribution in [0.5, 0.6) is 0 Å². The van der Waals surface area contributed by atoms with Crippen molar-refractivity contribution >= 4 is 16.7 Å². The van der Waals surface area contributed by atoms with E-state index in [0.29, 0.717) is 5.76 Å². The van der Waals surface area contributed by atoms with E-state index in [-0.39, 0.29) is 18.9 Å². The standard InChI is InChI=1S/C19H24N2O3/c1-4-8-16(24-14-13-22)12-11-15(5-2)21-18-10-7-6-9-17(18)20(3)19(21)23/h5-12,22H,4,13-14H2,1-3H3/b12-11-,15-5+,16-8+. The normalized spacial score (nSPS) is 13.2. The van der Waals surface area contributed by atoms with E-state index in [1.807, 2.05) is 62.4 Å². The number of fused-ring (bicyclic) bond motifs is 1. The Balaban J connectivity index is 2.43. The molecule has 1 aromatic carbocycles. The molecule has 0 saturated carbocycles. The summed E-state index contributed by atoms with van der Waals surface area (Å²) in [6, 6.07) is 7.69. The number of aromatic nitrogens is 2. The van der Waals surface area contributed by atoms with E-state index in [4.69, 9.17) is 9.84 Å². The molecule has 0 unspecified atom stereocenters. The third kappa shape index (κ3) is 3.68. The lowest BCUT2D eigenvalue weighted by Gasteiger charge is -2.07. The second-order valence-corrected chi connectivity index (χ2v) is 5.30. The van der Waals surface area contributed by atoms with Gasteiger partial charge in [-0.3, -0.25) is 9.13 Å². The first-order valence-corrected chi connectivity index (χ1v) is 8.09. The van der Waals surface area contributed by atoms with Crippen LogP contribution in [0.4, 0.5) is 0 Å². The number of nitrogens with zero attached hydrogens (tertiary/aromatic N) is 2. The Morgan fingerprint density at radius 2 is 1.96 bits per heavy atom. The number of aryl methyl sites for hydroxylation is 1. The van der Waals surface area contributed by atoms with Gasteiger partial charge in [-0.05, 0) is 43.7 Å². The highest BCUT2D eigenvalue weighted by Crippen LogP contribution is 2.17. The van der Waals surface area contributed by atoms with Crippen molar-refractivity contribution in [3.8, 4) is 0 Å². The number of allylic oxidation sites excluding steroid dienone is 5. The second kappa shape index (κ2) is 8.36. The molecule has 0 aliphatic rings. The summed E-state index contributed by atoms with van der Waals surface area (Å²) in [7, 11) is 1.77. The zero-order valence-corrected chi connectivity index (χ0v) is 14.4. The van der Waals surface area contributed by atoms with Crippen molar-refractivity contribution in [2.75, 3.05) is 13.2 Å². The third-order valence-electron chi connectivity index (χ3n) is 3.70. The predicted molar refractivity (Wildman–Crippen MR) is 97.7 cm³/mol. The molecule has 1 N–H and O–H groups in total. The van der Waals surface area contributed by atoms with Gasteiger partial charge in [0.25, 0.3) is 0 Å². The lowest BCUT2D eigenvalue weighted by Crippen LogP contribution is -2.21. The molecule has 2 aromatic rings. The molecule has 0 spiro atoms. The van der Waals surface area contributed by atoms with Gasteiger partial charge in [-0.25, -0.2) is 4.79 Å². The fourth-order valence-corrected chi connectivity index (χ4v) is 2.55. The molecule has 128 valence electrons. The summed E-state index contributed by atoms with van der Waals surface area (Å²) in [4.78, 5) is 12.6. The topological polar surface area (TPSA) is 56.4 Å². The average molecular weight is 328 g/mol. The fourth-order valence-electron chi connectivity index (χ4n) is 2.55. The van der Waals surface area contributed by atoms with Crippen LogP contribution in [0.15, 0.2) is 59.1 Å². The van der Waals surface area contributed by atoms with Gasteiger partial charge >= 0.3 is 5.69 Å². The highest BCUT2D eigenvalue weighted by molar-refractivity contribution is 5.81. The van der Waals surface area contributed by atoms with Gasteiger partial charge in [-0.1, -0.05) is 25.1 Å². The minimum Gasteiger partial charge on any atom is -0.492 e. The lowest BCUT2D eigenvalue weighted by molar-refractivity contribution is 0.151. The fraction of sp³-hybridized carbons (Fsp3) is 0.316. The van der Waals surface area contributed by atoms with E-state index in [1.165, 1.54) is 0 Å². The van der Waals surface area contributed by atoms with Crippen LogP contribution in [0.25, 0.3) is 16.7 Å². The van der Waals surface area contributed by atoms with Gasteiger partial charge in [-0.2, -0.15) is 0 Å². The maximum atomic E-state index is 12.6. The molecule has 0 fully saturated rings. The molecule has 2 rings (SSSR count). The van der Waals surface area contributed by atoms with Crippen molar-refractivity contribution in [2.24, 2.45) is 7.05 Å². The first-order valence-electron chi connectivity index (χ1n) is 8.09. The Morgan fingerprint density at radius 1 is 1.25 bits per heavy atom. The molecule has 0 aliphatic carbocycles. The third-order valence-corrected chi connectivity index (χ3v) is 3.70. The highest BCUT2D eigenvalue weighted by Gasteiger charge is 2.11. The monoisotopic (exact) mass is 328 g/mol. The van der Waals surface area contributed by atoms with Crippen LogP contribution in [0.1, 0.15) is 20.3 Å². The van der Waals surface area contributed by atoms with Crippen molar-refractivity contribution in [3.63, 3.8) is 0 Å². The van der Waals surface area contributed by atoms with Gasteiger partial charge in [0.1, 0.15) is 12.4 Å². The smallest absolute Gasteiger partial charge is 0.333 e. The Bertz CT molecular complexity index is 838. The molecule has 0 amide bonds. The van der Waals surface area contributed by atoms with Gasteiger partial charge in [0, 0.05) is 12.7 Å². The number of aliphatic hydroxyl groups excluding tert-OH is 1. The van der Waals surface area contributed by atoms with Crippen molar-refractivity contribution in [2.45, 2.75) is 20.3 Å². The maximum Gasteiger partial charge on any atom is 0.333 e. The molecule has 0 bridgehead atoms. The van der Waals surface area contributed by atoms with E-state index < -0.39 is 0 Å². The molecule has 1 heterocycles. The van der Waals surface area contributed by atoms with Crippen LogP contribution < -0.4 is 5.69 Å². The average Bonchev–Trinajstić information content (AvgIpc) is 2.85. The van der Waals surface area contributed by atoms with Crippen LogP contribution in [0, 0.1) is 0 Å². The number of hydrogen-bond acceptors (Lipinski definition) is 3. The number of rotatable bonds is 7. The van der Waals surface area contributed by atoms with Gasteiger partial charge in [0.2, 0.25) is 0 Å². The number of para-hydroxylation sites is 2. The Morgan fingerprint density at radius 3 is 2.58 bits per heavy atom. The predicted octanol–water partition coefficient (Wildman–Crippen LogP) is 3.06. The summed E-state index contributed by atoms with van der Waals surface area (Å²) in [5.41, 5.74) is 2.42. The summed E-state index contributed by atoms with van der Waals surface area (Å²) < 4.78 is 8.81. The van der Waals surface area contributed by atoms with Crippen molar-refractivity contribution in [1.29, 1.82) is 0 Å². The van der Waals surface area contributed by atoms with Crippen LogP contribution in [0.3, 0.4) is 0 Å². The number of aliphatic hydroxyl groups is 1. The highest BCUT2D eigenvalue weighted by atomic mass is 16.5. The summed E-state index contributed by atoms with van der Waals surface area (Å²) in [5, 5.41) is 8.91. The summed E-state index contributed by atoms with van der Waals surface area (Å²) in [6.45, 7) is 4.12. The van der Waals surface area contributed by atoms with E-state index in [1.54, 1.807) is 16.2 Å². The van der Waals surface area contributed by atoms with Crippen molar-refractivity contribution in [3.05, 3.63) is 64.8 Å². The van der Waals surface area contributed by atoms with E-state index in [9.17, 15) is 4.79 Å². The SMILES string of the molecule is C\C=C(/C=C\C(=C/CC)OCCO)n1c(=O)n(C)c2ccccc21. The molecule has 5 nitrogen and oxygen atoms in total. The number of hydrogen-bond donors (Lipinski definition) is 1. The van der Waals surface area contributed by atoms with E-state index in [2.05, 4.69) is 0 Å². The first-order chi connectivity index (χ1) is 11.6. The van der Waals surface area contributed by atoms with Crippen LogP contribution in [-0.2, 0) is 11.8 Å². The summed E-state index contributed by atoms with van der Waals surface area (Å²) in [5.74, 6) is 0.680. The Hall–Kier alpha value is -2.53. The quantitative estimate of drug-likeness (QED) is 0.628. The van der Waals surface area contributed by atoms with Gasteiger partial charge < -0.3 is 9.84 Å². The van der Waals surface area contributed by atoms with E-state index >= 15 is 0 Å². The Kier molecular flexibility index (Phi) is 6.21. The van der Waals surface area contributed by atoms with Crippen molar-refractivity contribution in [1.82, 2.24) is 9.13 Å². The molecule has 0 atom stereocenters. The van der Waals surface area contributed by atoms with Crippen LogP contribution in [0.2, 0.25) is 0 Å². The molecule has 5 heteroatoms. The second-order valence-electron chi connectivity index (χ2n) is 5.30. The molecule has 0 aliphatic heterocycles. The molecule has 24 heavy (non-hydrogen) atoms. The summed E-state index contributed by atoms with van der Waals surface area (Å²) >= 11 is 0. The van der Waals surface area contributed by atoms with Crippen molar-refractivity contribution < 1.29 is 9.84 Å². The first kappa shape index (κ1) is 17.8. The number of benzene rings is 1. The maximum absolute atomic E-state index is 12.6. The van der Waals surface area contributed by atoms with Crippen LogP contribution in [-0.4, -0.2) is 27.5 Å². The molecule has 0 radical (unpaired) electrons. The lowest BCUT2D eigenvalue weighted by atomic mass is 10.2. The summed E-state index contributed by atoms with van der Waals surface area (Å²) in [6.07, 6.45) is 8.32. The molecule has 0 saturated heterocycles. The number of ether oxygens (including phenoxy) is 1. The minimum absolute atomic E-state index is 0.0336. The number of imidazole rings is 1. The Labute approximate surface area is 141 Å². The van der Waals surface area contributed by atoms with Crippen LogP contribution >= 0.6 is 0 Å². The molecular formula is C19H24N2O3.